The molecule has 1 aliphatic heterocycles. The first-order valence-electron chi connectivity index (χ1n) is 6.74. The van der Waals surface area contributed by atoms with Gasteiger partial charge in [-0.2, -0.15) is 0 Å². The number of esters is 1. The third kappa shape index (κ3) is 5.87. The molecule has 1 saturated heterocycles. The van der Waals surface area contributed by atoms with Crippen molar-refractivity contribution in [1.29, 1.82) is 0 Å². The largest absolute Gasteiger partial charge is 0.469 e. The Kier molecular flexibility index (Phi) is 7.18. The van der Waals surface area contributed by atoms with E-state index in [1.165, 1.54) is 7.11 Å². The van der Waals surface area contributed by atoms with Crippen molar-refractivity contribution in [1.82, 2.24) is 4.90 Å². The van der Waals surface area contributed by atoms with Crippen LogP contribution in [0.2, 0.25) is 0 Å². The van der Waals surface area contributed by atoms with Gasteiger partial charge in [0.15, 0.2) is 0 Å². The molecule has 1 fully saturated rings. The van der Waals surface area contributed by atoms with Crippen molar-refractivity contribution < 1.29 is 19.1 Å². The van der Waals surface area contributed by atoms with Crippen molar-refractivity contribution in [3.63, 3.8) is 0 Å². The first kappa shape index (κ1) is 15.7. The van der Waals surface area contributed by atoms with E-state index in [9.17, 15) is 9.59 Å². The molecule has 19 heavy (non-hydrogen) atoms. The fourth-order valence-electron chi connectivity index (χ4n) is 2.06. The van der Waals surface area contributed by atoms with Crippen LogP contribution in [-0.2, 0) is 19.1 Å². The predicted octanol–water partition coefficient (Wildman–Crippen LogP) is 1.52. The van der Waals surface area contributed by atoms with E-state index in [4.69, 9.17) is 4.74 Å². The molecule has 1 atom stereocenters. The number of rotatable bonds is 8. The van der Waals surface area contributed by atoms with Gasteiger partial charge in [-0.25, -0.2) is 0 Å². The van der Waals surface area contributed by atoms with Crippen molar-refractivity contribution in [2.45, 2.75) is 38.2 Å². The highest BCUT2D eigenvalue weighted by molar-refractivity contribution is 5.77. The van der Waals surface area contributed by atoms with Gasteiger partial charge < -0.3 is 14.4 Å². The van der Waals surface area contributed by atoms with Crippen molar-refractivity contribution in [2.24, 2.45) is 0 Å². The van der Waals surface area contributed by atoms with Crippen LogP contribution in [0.15, 0.2) is 12.7 Å². The molecule has 108 valence electrons. The summed E-state index contributed by atoms with van der Waals surface area (Å²) in [5, 5.41) is 0. The molecular formula is C14H23NO4. The summed E-state index contributed by atoms with van der Waals surface area (Å²) in [5.41, 5.74) is 0. The molecule has 0 aromatic heterocycles. The van der Waals surface area contributed by atoms with Crippen molar-refractivity contribution in [2.75, 3.05) is 26.8 Å². The van der Waals surface area contributed by atoms with Gasteiger partial charge in [-0.15, -0.1) is 6.58 Å². The van der Waals surface area contributed by atoms with Crippen LogP contribution in [0.5, 0.6) is 0 Å². The quantitative estimate of drug-likeness (QED) is 0.495. The third-order valence-corrected chi connectivity index (χ3v) is 3.18. The highest BCUT2D eigenvalue weighted by atomic mass is 16.5. The molecule has 0 aliphatic carbocycles. The summed E-state index contributed by atoms with van der Waals surface area (Å²) < 4.78 is 10.1. The first-order valence-corrected chi connectivity index (χ1v) is 6.74. The van der Waals surface area contributed by atoms with E-state index in [-0.39, 0.29) is 24.4 Å². The van der Waals surface area contributed by atoms with Gasteiger partial charge in [-0.3, -0.25) is 9.59 Å². The normalized spacial score (nSPS) is 18.1. The number of methoxy groups -OCH3 is 1. The Morgan fingerprint density at radius 1 is 1.47 bits per heavy atom. The van der Waals surface area contributed by atoms with Gasteiger partial charge in [0.1, 0.15) is 0 Å². The molecule has 0 spiro atoms. The van der Waals surface area contributed by atoms with Gasteiger partial charge in [0.05, 0.1) is 19.6 Å². The summed E-state index contributed by atoms with van der Waals surface area (Å²) in [5.74, 6) is -0.256. The molecule has 1 unspecified atom stereocenters. The van der Waals surface area contributed by atoms with Gasteiger partial charge in [0, 0.05) is 26.1 Å². The zero-order valence-electron chi connectivity index (χ0n) is 11.6. The number of nitrogens with zero attached hydrogens (tertiary/aromatic N) is 1. The smallest absolute Gasteiger partial charge is 0.307 e. The third-order valence-electron chi connectivity index (χ3n) is 3.18. The Bertz CT molecular complexity index is 311. The maximum atomic E-state index is 12.1. The standard InChI is InChI=1S/C14H23NO4/c1-3-4-7-13(16)15(9-8-14(17)18-2)11-12-6-5-10-19-12/h3,12H,1,4-11H2,2H3. The summed E-state index contributed by atoms with van der Waals surface area (Å²) in [4.78, 5) is 24.9. The summed E-state index contributed by atoms with van der Waals surface area (Å²) >= 11 is 0. The lowest BCUT2D eigenvalue weighted by Gasteiger charge is -2.25. The summed E-state index contributed by atoms with van der Waals surface area (Å²) in [6.45, 7) is 5.33. The lowest BCUT2D eigenvalue weighted by Crippen LogP contribution is -2.38. The van der Waals surface area contributed by atoms with E-state index in [2.05, 4.69) is 11.3 Å². The van der Waals surface area contributed by atoms with Gasteiger partial charge in [-0.1, -0.05) is 6.08 Å². The maximum Gasteiger partial charge on any atom is 0.307 e. The van der Waals surface area contributed by atoms with E-state index in [1.807, 2.05) is 0 Å². The molecule has 1 heterocycles. The fourth-order valence-corrected chi connectivity index (χ4v) is 2.06. The second-order valence-corrected chi connectivity index (χ2v) is 4.63. The SMILES string of the molecule is C=CCCC(=O)N(CCC(=O)OC)CC1CCCO1. The van der Waals surface area contributed by atoms with Crippen LogP contribution in [0, 0.1) is 0 Å². The number of hydrogen-bond donors (Lipinski definition) is 0. The minimum absolute atomic E-state index is 0.0410. The molecule has 0 aromatic carbocycles. The van der Waals surface area contributed by atoms with E-state index < -0.39 is 0 Å². The topological polar surface area (TPSA) is 55.8 Å². The monoisotopic (exact) mass is 269 g/mol. The molecule has 0 saturated carbocycles. The fraction of sp³-hybridized carbons (Fsp3) is 0.714. The lowest BCUT2D eigenvalue weighted by atomic mass is 10.2. The summed E-state index contributed by atoms with van der Waals surface area (Å²) in [6.07, 6.45) is 5.15. The highest BCUT2D eigenvalue weighted by Gasteiger charge is 2.22. The summed E-state index contributed by atoms with van der Waals surface area (Å²) in [6, 6.07) is 0. The van der Waals surface area contributed by atoms with Crippen LogP contribution in [0.1, 0.15) is 32.1 Å². The maximum absolute atomic E-state index is 12.1. The van der Waals surface area contributed by atoms with Gasteiger partial charge >= 0.3 is 5.97 Å². The van der Waals surface area contributed by atoms with Crippen LogP contribution in [0.4, 0.5) is 0 Å². The van der Waals surface area contributed by atoms with Crippen LogP contribution in [0.25, 0.3) is 0 Å². The molecule has 1 aliphatic rings. The van der Waals surface area contributed by atoms with Crippen LogP contribution in [0.3, 0.4) is 0 Å². The minimum Gasteiger partial charge on any atom is -0.469 e. The first-order chi connectivity index (χ1) is 9.17. The van der Waals surface area contributed by atoms with Crippen molar-refractivity contribution in [3.8, 4) is 0 Å². The minimum atomic E-state index is -0.297. The van der Waals surface area contributed by atoms with Crippen LogP contribution >= 0.6 is 0 Å². The number of hydrogen-bond acceptors (Lipinski definition) is 4. The molecule has 0 radical (unpaired) electrons. The van der Waals surface area contributed by atoms with E-state index in [0.717, 1.165) is 19.4 Å². The molecule has 0 N–H and O–H groups in total. The Morgan fingerprint density at radius 3 is 2.84 bits per heavy atom. The predicted molar refractivity (Wildman–Crippen MR) is 71.6 cm³/mol. The Morgan fingerprint density at radius 2 is 2.26 bits per heavy atom. The average Bonchev–Trinajstić information content (AvgIpc) is 2.93. The second-order valence-electron chi connectivity index (χ2n) is 4.63. The van der Waals surface area contributed by atoms with Crippen LogP contribution < -0.4 is 0 Å². The number of carbonyl (C=O) groups is 2. The van der Waals surface area contributed by atoms with Crippen molar-refractivity contribution >= 4 is 11.9 Å². The van der Waals surface area contributed by atoms with Crippen molar-refractivity contribution in [3.05, 3.63) is 12.7 Å². The Hall–Kier alpha value is -1.36. The molecule has 0 bridgehead atoms. The zero-order valence-corrected chi connectivity index (χ0v) is 11.6. The number of allylic oxidation sites excluding steroid dienone is 1. The number of carbonyl (C=O) groups excluding carboxylic acids is 2. The second kappa shape index (κ2) is 8.69. The van der Waals surface area contributed by atoms with Gasteiger partial charge in [0.2, 0.25) is 5.91 Å². The zero-order chi connectivity index (χ0) is 14.1. The number of ether oxygens (including phenoxy) is 2. The highest BCUT2D eigenvalue weighted by Crippen LogP contribution is 2.14. The lowest BCUT2D eigenvalue weighted by molar-refractivity contribution is -0.142. The Labute approximate surface area is 114 Å². The van der Waals surface area contributed by atoms with Gasteiger partial charge in [-0.05, 0) is 19.3 Å². The molecule has 5 heteroatoms. The molecule has 1 amide bonds. The van der Waals surface area contributed by atoms with E-state index >= 15 is 0 Å². The van der Waals surface area contributed by atoms with E-state index in [0.29, 0.717) is 25.9 Å². The van der Waals surface area contributed by atoms with Crippen LogP contribution in [-0.4, -0.2) is 49.7 Å². The molecular weight excluding hydrogens is 246 g/mol. The average molecular weight is 269 g/mol. The molecule has 1 rings (SSSR count). The molecule has 5 nitrogen and oxygen atoms in total. The van der Waals surface area contributed by atoms with Gasteiger partial charge in [0.25, 0.3) is 0 Å². The number of amides is 1. The van der Waals surface area contributed by atoms with E-state index in [1.54, 1.807) is 11.0 Å². The Balaban J connectivity index is 2.47. The summed E-state index contributed by atoms with van der Waals surface area (Å²) in [7, 11) is 1.35. The molecule has 0 aromatic rings.